The summed E-state index contributed by atoms with van der Waals surface area (Å²) >= 11 is 11.0. The van der Waals surface area contributed by atoms with Crippen LogP contribution in [0.1, 0.15) is 0 Å². The molecule has 0 fully saturated rings. The molecule has 0 aliphatic heterocycles. The highest BCUT2D eigenvalue weighted by atomic mass is 35.5. The zero-order chi connectivity index (χ0) is 11.7. The van der Waals surface area contributed by atoms with Crippen LogP contribution < -0.4 is 4.74 Å². The highest BCUT2D eigenvalue weighted by Gasteiger charge is 2.10. The molecule has 84 valence electrons. The largest absolute Gasteiger partial charge is 0.496 e. The van der Waals surface area contributed by atoms with Gasteiger partial charge in [0.15, 0.2) is 5.82 Å². The van der Waals surface area contributed by atoms with Gasteiger partial charge in [-0.15, -0.1) is 0 Å². The summed E-state index contributed by atoms with van der Waals surface area (Å²) in [6.07, 6.45) is 0. The van der Waals surface area contributed by atoms with E-state index in [2.05, 4.69) is 10.1 Å². The zero-order valence-corrected chi connectivity index (χ0v) is 10.4. The van der Waals surface area contributed by atoms with Crippen molar-refractivity contribution in [3.05, 3.63) is 28.0 Å². The number of aryl methyl sites for hydroxylation is 1. The molecule has 0 radical (unpaired) electrons. The third-order valence-corrected chi connectivity index (χ3v) is 2.78. The van der Waals surface area contributed by atoms with Crippen molar-refractivity contribution in [3.63, 3.8) is 0 Å². The fraction of sp³-hybridized carbons (Fsp3) is 0.200. The zero-order valence-electron chi connectivity index (χ0n) is 8.82. The molecule has 1 heterocycles. The Kier molecular flexibility index (Phi) is 2.98. The van der Waals surface area contributed by atoms with Gasteiger partial charge in [0.2, 0.25) is 4.77 Å². The maximum absolute atomic E-state index is 5.94. The molecule has 16 heavy (non-hydrogen) atoms. The Balaban J connectivity index is 2.62. The Morgan fingerprint density at radius 1 is 1.50 bits per heavy atom. The van der Waals surface area contributed by atoms with Crippen LogP contribution in [0.4, 0.5) is 0 Å². The number of ether oxygens (including phenoxy) is 1. The molecule has 2 rings (SSSR count). The van der Waals surface area contributed by atoms with Crippen LogP contribution in [0.2, 0.25) is 5.02 Å². The second-order valence-electron chi connectivity index (χ2n) is 3.26. The lowest BCUT2D eigenvalue weighted by molar-refractivity contribution is 0.416. The predicted octanol–water partition coefficient (Wildman–Crippen LogP) is 2.81. The van der Waals surface area contributed by atoms with Gasteiger partial charge in [-0.3, -0.25) is 9.78 Å². The average Bonchev–Trinajstić information content (AvgIpc) is 2.59. The summed E-state index contributed by atoms with van der Waals surface area (Å²) in [6.45, 7) is 0. The van der Waals surface area contributed by atoms with Gasteiger partial charge in [-0.2, -0.15) is 4.98 Å². The van der Waals surface area contributed by atoms with E-state index in [1.165, 1.54) is 0 Å². The fourth-order valence-corrected chi connectivity index (χ4v) is 1.70. The number of nitrogens with one attached hydrogen (secondary N) is 1. The third kappa shape index (κ3) is 1.96. The van der Waals surface area contributed by atoms with E-state index in [1.807, 2.05) is 0 Å². The Morgan fingerprint density at radius 2 is 2.25 bits per heavy atom. The first kappa shape index (κ1) is 11.2. The van der Waals surface area contributed by atoms with Crippen molar-refractivity contribution < 1.29 is 4.74 Å². The van der Waals surface area contributed by atoms with Crippen LogP contribution in [0.5, 0.6) is 5.75 Å². The molecule has 2 aromatic rings. The van der Waals surface area contributed by atoms with Crippen molar-refractivity contribution in [2.45, 2.75) is 0 Å². The van der Waals surface area contributed by atoms with Crippen molar-refractivity contribution in [3.8, 4) is 17.1 Å². The number of benzene rings is 1. The van der Waals surface area contributed by atoms with Crippen molar-refractivity contribution in [2.75, 3.05) is 7.11 Å². The molecule has 1 aromatic heterocycles. The third-order valence-electron chi connectivity index (χ3n) is 2.18. The van der Waals surface area contributed by atoms with E-state index in [4.69, 9.17) is 28.6 Å². The second kappa shape index (κ2) is 4.27. The van der Waals surface area contributed by atoms with Gasteiger partial charge in [0.1, 0.15) is 5.75 Å². The molecule has 0 amide bonds. The summed E-state index contributed by atoms with van der Waals surface area (Å²) in [5.41, 5.74) is 0.793. The topological polar surface area (TPSA) is 42.8 Å². The number of aromatic amines is 1. The molecule has 0 unspecified atom stereocenters. The maximum atomic E-state index is 5.94. The van der Waals surface area contributed by atoms with Gasteiger partial charge in [0.25, 0.3) is 0 Å². The van der Waals surface area contributed by atoms with Gasteiger partial charge in [-0.25, -0.2) is 0 Å². The molecule has 4 nitrogen and oxygen atoms in total. The number of rotatable bonds is 2. The normalized spacial score (nSPS) is 10.4. The molecule has 0 atom stereocenters. The molecule has 6 heteroatoms. The van der Waals surface area contributed by atoms with Crippen LogP contribution in [-0.4, -0.2) is 21.9 Å². The molecule has 0 saturated carbocycles. The van der Waals surface area contributed by atoms with E-state index in [0.717, 1.165) is 5.56 Å². The number of methoxy groups -OCH3 is 1. The summed E-state index contributed by atoms with van der Waals surface area (Å²) in [4.78, 5) is 4.21. The van der Waals surface area contributed by atoms with Crippen molar-refractivity contribution in [1.29, 1.82) is 0 Å². The molecule has 0 bridgehead atoms. The highest BCUT2D eigenvalue weighted by molar-refractivity contribution is 7.71. The lowest BCUT2D eigenvalue weighted by Gasteiger charge is -2.05. The van der Waals surface area contributed by atoms with Crippen molar-refractivity contribution in [2.24, 2.45) is 7.05 Å². The Morgan fingerprint density at radius 3 is 2.81 bits per heavy atom. The minimum atomic E-state index is 0.483. The minimum Gasteiger partial charge on any atom is -0.496 e. The fourth-order valence-electron chi connectivity index (χ4n) is 1.39. The second-order valence-corrected chi connectivity index (χ2v) is 4.06. The first-order valence-corrected chi connectivity index (χ1v) is 5.37. The predicted molar refractivity (Wildman–Crippen MR) is 65.4 cm³/mol. The molecular weight excluding hydrogens is 246 g/mol. The number of H-pyrrole nitrogens is 1. The van der Waals surface area contributed by atoms with E-state index < -0.39 is 0 Å². The minimum absolute atomic E-state index is 0.483. The lowest BCUT2D eigenvalue weighted by atomic mass is 10.2. The molecular formula is C10H10ClN3OS. The molecule has 0 saturated heterocycles. The van der Waals surface area contributed by atoms with Crippen LogP contribution >= 0.6 is 23.8 Å². The number of halogens is 1. The van der Waals surface area contributed by atoms with Gasteiger partial charge in [0.05, 0.1) is 12.7 Å². The molecule has 0 spiro atoms. The number of aromatic nitrogens is 3. The van der Waals surface area contributed by atoms with Gasteiger partial charge in [0, 0.05) is 12.1 Å². The van der Waals surface area contributed by atoms with Crippen molar-refractivity contribution in [1.82, 2.24) is 14.8 Å². The quantitative estimate of drug-likeness (QED) is 0.839. The van der Waals surface area contributed by atoms with Crippen LogP contribution in [0.25, 0.3) is 11.4 Å². The summed E-state index contributed by atoms with van der Waals surface area (Å²) in [7, 11) is 3.40. The van der Waals surface area contributed by atoms with Gasteiger partial charge in [-0.05, 0) is 30.4 Å². The van der Waals surface area contributed by atoms with E-state index in [-0.39, 0.29) is 0 Å². The SMILES string of the molecule is COc1ccc(Cl)cc1-c1nc(=S)n(C)[nH]1. The van der Waals surface area contributed by atoms with E-state index in [0.29, 0.717) is 21.4 Å². The molecule has 1 aromatic carbocycles. The maximum Gasteiger partial charge on any atom is 0.216 e. The smallest absolute Gasteiger partial charge is 0.216 e. The molecule has 0 aliphatic rings. The Hall–Kier alpha value is -1.33. The van der Waals surface area contributed by atoms with E-state index in [1.54, 1.807) is 37.0 Å². The first-order valence-electron chi connectivity index (χ1n) is 4.59. The standard InChI is InChI=1S/C10H10ClN3OS/c1-14-10(16)12-9(13-14)7-5-6(11)3-4-8(7)15-2/h3-5H,1-2H3,(H,12,13,16). The van der Waals surface area contributed by atoms with Crippen LogP contribution in [0.3, 0.4) is 0 Å². The summed E-state index contributed by atoms with van der Waals surface area (Å²) in [6, 6.07) is 5.35. The first-order chi connectivity index (χ1) is 7.61. The van der Waals surface area contributed by atoms with Crippen molar-refractivity contribution >= 4 is 23.8 Å². The van der Waals surface area contributed by atoms with Crippen LogP contribution in [0.15, 0.2) is 18.2 Å². The monoisotopic (exact) mass is 255 g/mol. The van der Waals surface area contributed by atoms with Gasteiger partial charge in [-0.1, -0.05) is 11.6 Å². The summed E-state index contributed by atoms with van der Waals surface area (Å²) < 4.78 is 7.38. The number of nitrogens with zero attached hydrogens (tertiary/aromatic N) is 2. The number of hydrogen-bond donors (Lipinski definition) is 1. The average molecular weight is 256 g/mol. The van der Waals surface area contributed by atoms with Crippen LogP contribution in [0, 0.1) is 4.77 Å². The lowest BCUT2D eigenvalue weighted by Crippen LogP contribution is -1.92. The van der Waals surface area contributed by atoms with E-state index >= 15 is 0 Å². The Bertz CT molecular complexity index is 576. The highest BCUT2D eigenvalue weighted by Crippen LogP contribution is 2.29. The van der Waals surface area contributed by atoms with Crippen LogP contribution in [-0.2, 0) is 7.05 Å². The van der Waals surface area contributed by atoms with Gasteiger partial charge < -0.3 is 4.74 Å². The van der Waals surface area contributed by atoms with Gasteiger partial charge >= 0.3 is 0 Å². The summed E-state index contributed by atoms with van der Waals surface area (Å²) in [5, 5.41) is 3.65. The van der Waals surface area contributed by atoms with E-state index in [9.17, 15) is 0 Å². The molecule has 1 N–H and O–H groups in total. The summed E-state index contributed by atoms with van der Waals surface area (Å²) in [5.74, 6) is 1.35. The number of hydrogen-bond acceptors (Lipinski definition) is 3. The molecule has 0 aliphatic carbocycles. The Labute approximate surface area is 103 Å².